The van der Waals surface area contributed by atoms with E-state index in [-0.39, 0.29) is 18.0 Å². The van der Waals surface area contributed by atoms with E-state index in [1.165, 1.54) is 11.6 Å². The summed E-state index contributed by atoms with van der Waals surface area (Å²) in [5, 5.41) is 0. The van der Waals surface area contributed by atoms with Gasteiger partial charge in [-0.2, -0.15) is 13.2 Å². The zero-order chi connectivity index (χ0) is 27.9. The second-order valence-electron chi connectivity index (χ2n) is 10.4. The van der Waals surface area contributed by atoms with Crippen molar-refractivity contribution in [1.29, 1.82) is 0 Å². The molecule has 3 unspecified atom stereocenters. The number of urea groups is 1. The van der Waals surface area contributed by atoms with Crippen molar-refractivity contribution < 1.29 is 27.4 Å². The Morgan fingerprint density at radius 3 is 2.47 bits per heavy atom. The van der Waals surface area contributed by atoms with Crippen LogP contribution in [0.15, 0.2) is 60.4 Å². The van der Waals surface area contributed by atoms with Gasteiger partial charge in [0.05, 0.1) is 18.2 Å². The molecule has 210 valence electrons. The number of ether oxygens (including phenoxy) is 2. The fraction of sp³-hybridized carbons (Fsp3) is 0.567. The van der Waals surface area contributed by atoms with Gasteiger partial charge in [-0.25, -0.2) is 4.79 Å². The Balaban J connectivity index is 1.47. The molecule has 1 saturated heterocycles. The first-order valence-electron chi connectivity index (χ1n) is 13.5. The van der Waals surface area contributed by atoms with Gasteiger partial charge in [0.1, 0.15) is 11.5 Å². The van der Waals surface area contributed by atoms with Crippen LogP contribution in [0.3, 0.4) is 0 Å². The van der Waals surface area contributed by atoms with Crippen molar-refractivity contribution in [3.05, 3.63) is 66.0 Å². The van der Waals surface area contributed by atoms with Crippen LogP contribution in [0, 0.1) is 5.92 Å². The van der Waals surface area contributed by atoms with E-state index in [9.17, 15) is 18.0 Å². The number of allylic oxidation sites excluding steroid dienone is 3. The number of aryl methyl sites for hydroxylation is 1. The standard InChI is InChI=1S/C30H41F3N2O3/c1-6-19-29(4,22(3)37-7-2)38-27-17-13-23(14-18-27)9-8-10-26-21-35(28(36)34(26)5)20-24-11-15-25(16-12-24)30(31,32)33/h11,13-18,24,26H,3,6-10,12,19-21H2,1-2,4-5H3. The van der Waals surface area contributed by atoms with Crippen molar-refractivity contribution in [3.63, 3.8) is 0 Å². The maximum Gasteiger partial charge on any atom is 0.416 e. The number of rotatable bonds is 13. The minimum Gasteiger partial charge on any atom is -0.495 e. The Hall–Kier alpha value is -2.90. The SMILES string of the molecule is C=C(OCC)C(C)(CCC)Oc1ccc(CCCC2CN(CC3C=CC(C(F)(F)F)=CC3)C(=O)N2C)cc1. The summed E-state index contributed by atoms with van der Waals surface area (Å²) in [5.74, 6) is 1.32. The molecule has 1 heterocycles. The Kier molecular flexibility index (Phi) is 9.96. The van der Waals surface area contributed by atoms with Crippen molar-refractivity contribution in [3.8, 4) is 5.75 Å². The van der Waals surface area contributed by atoms with Gasteiger partial charge in [0.25, 0.3) is 0 Å². The molecule has 1 fully saturated rings. The van der Waals surface area contributed by atoms with Gasteiger partial charge in [-0.05, 0) is 69.6 Å². The summed E-state index contributed by atoms with van der Waals surface area (Å²) in [6, 6.07) is 8.13. The number of hydrogen-bond donors (Lipinski definition) is 0. The summed E-state index contributed by atoms with van der Waals surface area (Å²) in [6.45, 7) is 11.7. The number of benzene rings is 1. The molecule has 2 aliphatic rings. The lowest BCUT2D eigenvalue weighted by atomic mass is 9.96. The fourth-order valence-corrected chi connectivity index (χ4v) is 5.14. The average molecular weight is 535 g/mol. The molecule has 0 aromatic heterocycles. The molecule has 0 spiro atoms. The van der Waals surface area contributed by atoms with Crippen molar-refractivity contribution in [2.45, 2.75) is 77.1 Å². The van der Waals surface area contributed by atoms with E-state index < -0.39 is 17.4 Å². The van der Waals surface area contributed by atoms with Crippen LogP contribution in [-0.4, -0.2) is 60.4 Å². The Bertz CT molecular complexity index is 1020. The van der Waals surface area contributed by atoms with E-state index in [0.29, 0.717) is 31.9 Å². The lowest BCUT2D eigenvalue weighted by molar-refractivity contribution is -0.0887. The molecule has 1 aliphatic heterocycles. The molecule has 2 amide bonds. The highest BCUT2D eigenvalue weighted by atomic mass is 19.4. The lowest BCUT2D eigenvalue weighted by Crippen LogP contribution is -2.35. The van der Waals surface area contributed by atoms with Crippen molar-refractivity contribution >= 4 is 6.03 Å². The number of carbonyl (C=O) groups excluding carboxylic acids is 1. The van der Waals surface area contributed by atoms with Gasteiger partial charge in [-0.1, -0.05) is 50.3 Å². The first kappa shape index (κ1) is 29.7. The molecule has 0 bridgehead atoms. The van der Waals surface area contributed by atoms with E-state index in [4.69, 9.17) is 9.47 Å². The molecule has 3 rings (SSSR count). The molecule has 0 radical (unpaired) electrons. The van der Waals surface area contributed by atoms with Crippen LogP contribution in [0.1, 0.15) is 58.4 Å². The zero-order valence-corrected chi connectivity index (χ0v) is 23.0. The molecular weight excluding hydrogens is 493 g/mol. The molecule has 1 aliphatic carbocycles. The molecule has 3 atom stereocenters. The molecule has 38 heavy (non-hydrogen) atoms. The van der Waals surface area contributed by atoms with E-state index in [1.807, 2.05) is 26.0 Å². The number of hydrogen-bond acceptors (Lipinski definition) is 3. The van der Waals surface area contributed by atoms with Crippen LogP contribution in [0.2, 0.25) is 0 Å². The molecule has 8 heteroatoms. The topological polar surface area (TPSA) is 42.0 Å². The van der Waals surface area contributed by atoms with Crippen LogP contribution in [0.25, 0.3) is 0 Å². The van der Waals surface area contributed by atoms with Crippen LogP contribution >= 0.6 is 0 Å². The maximum atomic E-state index is 12.8. The summed E-state index contributed by atoms with van der Waals surface area (Å²) in [5.41, 5.74) is 0.00543. The Morgan fingerprint density at radius 1 is 1.18 bits per heavy atom. The minimum absolute atomic E-state index is 0.0562. The van der Waals surface area contributed by atoms with Crippen LogP contribution < -0.4 is 4.74 Å². The number of halogens is 3. The number of likely N-dealkylation sites (N-methyl/N-ethyl adjacent to an activating group) is 1. The number of amides is 2. The molecule has 1 aromatic rings. The maximum absolute atomic E-state index is 12.8. The molecule has 1 aromatic carbocycles. The predicted octanol–water partition coefficient (Wildman–Crippen LogP) is 7.30. The molecule has 0 saturated carbocycles. The van der Waals surface area contributed by atoms with E-state index in [1.54, 1.807) is 22.9 Å². The van der Waals surface area contributed by atoms with Gasteiger partial charge < -0.3 is 19.3 Å². The fourth-order valence-electron chi connectivity index (χ4n) is 5.14. The normalized spacial score (nSPS) is 21.3. The van der Waals surface area contributed by atoms with E-state index >= 15 is 0 Å². The lowest BCUT2D eigenvalue weighted by Gasteiger charge is -2.32. The quantitative estimate of drug-likeness (QED) is 0.250. The third-order valence-electron chi connectivity index (χ3n) is 7.43. The molecule has 5 nitrogen and oxygen atoms in total. The van der Waals surface area contributed by atoms with Gasteiger partial charge in [-0.3, -0.25) is 0 Å². The van der Waals surface area contributed by atoms with Crippen LogP contribution in [0.5, 0.6) is 5.75 Å². The van der Waals surface area contributed by atoms with E-state index in [2.05, 4.69) is 25.6 Å². The monoisotopic (exact) mass is 534 g/mol. The molecule has 0 N–H and O–H groups in total. The third kappa shape index (κ3) is 7.58. The highest BCUT2D eigenvalue weighted by Gasteiger charge is 2.37. The first-order valence-corrected chi connectivity index (χ1v) is 13.5. The second kappa shape index (κ2) is 12.8. The van der Waals surface area contributed by atoms with Gasteiger partial charge in [0, 0.05) is 20.1 Å². The van der Waals surface area contributed by atoms with Gasteiger partial charge >= 0.3 is 12.2 Å². The summed E-state index contributed by atoms with van der Waals surface area (Å²) >= 11 is 0. The minimum atomic E-state index is -4.32. The summed E-state index contributed by atoms with van der Waals surface area (Å²) < 4.78 is 50.5. The van der Waals surface area contributed by atoms with Crippen molar-refractivity contribution in [1.82, 2.24) is 9.80 Å². The first-order chi connectivity index (χ1) is 18.0. The van der Waals surface area contributed by atoms with E-state index in [0.717, 1.165) is 43.9 Å². The highest BCUT2D eigenvalue weighted by Crippen LogP contribution is 2.32. The van der Waals surface area contributed by atoms with Gasteiger partial charge in [0.15, 0.2) is 5.60 Å². The largest absolute Gasteiger partial charge is 0.495 e. The number of carbonyl (C=O) groups is 1. The Morgan fingerprint density at radius 2 is 1.89 bits per heavy atom. The van der Waals surface area contributed by atoms with Gasteiger partial charge in [0.2, 0.25) is 0 Å². The summed E-state index contributed by atoms with van der Waals surface area (Å²) in [6.07, 6.45) is 4.32. The molecular formula is C30H41F3N2O3. The van der Waals surface area contributed by atoms with Gasteiger partial charge in [-0.15, -0.1) is 0 Å². The summed E-state index contributed by atoms with van der Waals surface area (Å²) in [7, 11) is 1.81. The number of alkyl halides is 3. The van der Waals surface area contributed by atoms with Crippen molar-refractivity contribution in [2.24, 2.45) is 5.92 Å². The van der Waals surface area contributed by atoms with Crippen LogP contribution in [-0.2, 0) is 11.2 Å². The third-order valence-corrected chi connectivity index (χ3v) is 7.43. The summed E-state index contributed by atoms with van der Waals surface area (Å²) in [4.78, 5) is 16.3. The predicted molar refractivity (Wildman–Crippen MR) is 144 cm³/mol. The second-order valence-corrected chi connectivity index (χ2v) is 10.4. The Labute approximate surface area is 225 Å². The zero-order valence-electron chi connectivity index (χ0n) is 23.0. The van der Waals surface area contributed by atoms with Crippen LogP contribution in [0.4, 0.5) is 18.0 Å². The highest BCUT2D eigenvalue weighted by molar-refractivity contribution is 5.76. The number of nitrogens with zero attached hydrogens (tertiary/aromatic N) is 2. The average Bonchev–Trinajstić information content (AvgIpc) is 3.13. The van der Waals surface area contributed by atoms with Crippen molar-refractivity contribution in [2.75, 3.05) is 26.7 Å². The smallest absolute Gasteiger partial charge is 0.416 e.